The van der Waals surface area contributed by atoms with E-state index in [4.69, 9.17) is 0 Å². The molecule has 2 N–H and O–H groups in total. The number of alkyl halides is 3. The van der Waals surface area contributed by atoms with Crippen molar-refractivity contribution in [2.75, 3.05) is 19.6 Å². The Balaban J connectivity index is 1.86. The number of urea groups is 1. The fraction of sp³-hybridized carbons (Fsp3) is 0.778. The Kier molecular flexibility index (Phi) is 12.2. The van der Waals surface area contributed by atoms with Crippen LogP contribution in [0.25, 0.3) is 0 Å². The number of Topliss-reactive ketones (excluding diaryl/α,β-unsaturated/α-hetero) is 3. The largest absolute Gasteiger partial charge is 0.389 e. The highest BCUT2D eigenvalue weighted by molar-refractivity contribution is 6.38. The molecule has 3 fully saturated rings. The van der Waals surface area contributed by atoms with E-state index in [9.17, 15) is 41.9 Å². The number of amides is 4. The van der Waals surface area contributed by atoms with Gasteiger partial charge in [0.15, 0.2) is 11.6 Å². The third kappa shape index (κ3) is 9.72. The van der Waals surface area contributed by atoms with Crippen LogP contribution in [0.4, 0.5) is 18.0 Å². The summed E-state index contributed by atoms with van der Waals surface area (Å²) in [5, 5.41) is 5.56. The van der Waals surface area contributed by atoms with E-state index in [-0.39, 0.29) is 42.5 Å². The molecule has 2 aliphatic heterocycles. The number of nitrogens with one attached hydrogen (secondary N) is 2. The predicted octanol–water partition coefficient (Wildman–Crippen LogP) is 5.24. The maximum atomic E-state index is 14.3. The van der Waals surface area contributed by atoms with Crippen LogP contribution in [0.3, 0.4) is 0 Å². The summed E-state index contributed by atoms with van der Waals surface area (Å²) < 4.78 is 39.7. The molecule has 1 unspecified atom stereocenters. The van der Waals surface area contributed by atoms with Crippen molar-refractivity contribution in [1.29, 1.82) is 0 Å². The van der Waals surface area contributed by atoms with Gasteiger partial charge in [0.1, 0.15) is 12.1 Å². The lowest BCUT2D eigenvalue weighted by Gasteiger charge is -2.39. The molecule has 1 saturated carbocycles. The molecular formula is C36H55F3N4O6. The summed E-state index contributed by atoms with van der Waals surface area (Å²) >= 11 is 0. The number of fused-ring (bicyclic) bond motifs is 1. The Hall–Kier alpha value is -3.25. The van der Waals surface area contributed by atoms with Gasteiger partial charge in [-0.15, -0.1) is 6.58 Å². The van der Waals surface area contributed by atoms with Crippen molar-refractivity contribution >= 4 is 35.2 Å². The van der Waals surface area contributed by atoms with Crippen LogP contribution in [-0.4, -0.2) is 88.9 Å². The van der Waals surface area contributed by atoms with E-state index in [1.165, 1.54) is 11.0 Å². The normalized spacial score (nSPS) is 23.6. The van der Waals surface area contributed by atoms with Crippen LogP contribution in [0, 0.1) is 34.0 Å². The second kappa shape index (κ2) is 14.9. The fourth-order valence-corrected chi connectivity index (χ4v) is 7.38. The predicted molar refractivity (Wildman–Crippen MR) is 178 cm³/mol. The molecule has 0 spiro atoms. The summed E-state index contributed by atoms with van der Waals surface area (Å²) in [6, 6.07) is -3.75. The molecule has 13 heteroatoms. The number of halogens is 3. The Bertz CT molecular complexity index is 1310. The van der Waals surface area contributed by atoms with Crippen LogP contribution in [0.15, 0.2) is 12.7 Å². The molecule has 0 aromatic rings. The molecule has 49 heavy (non-hydrogen) atoms. The minimum Gasteiger partial charge on any atom is -0.341 e. The zero-order valence-corrected chi connectivity index (χ0v) is 30.3. The lowest BCUT2D eigenvalue weighted by atomic mass is 9.83. The van der Waals surface area contributed by atoms with E-state index in [0.717, 1.165) is 12.8 Å². The van der Waals surface area contributed by atoms with Crippen LogP contribution in [0.2, 0.25) is 0 Å². The van der Waals surface area contributed by atoms with Crippen LogP contribution in [0.1, 0.15) is 100 Å². The number of hydrogen-bond acceptors (Lipinski definition) is 6. The van der Waals surface area contributed by atoms with Gasteiger partial charge in [0.05, 0.1) is 6.04 Å². The summed E-state index contributed by atoms with van der Waals surface area (Å²) in [5.41, 5.74) is -1.81. The number of carbonyl (C=O) groups excluding carboxylic acids is 6. The van der Waals surface area contributed by atoms with Gasteiger partial charge in [0, 0.05) is 44.8 Å². The molecule has 0 aromatic carbocycles. The number of ketones is 3. The maximum Gasteiger partial charge on any atom is 0.389 e. The molecule has 0 bridgehead atoms. The van der Waals surface area contributed by atoms with Crippen molar-refractivity contribution in [1.82, 2.24) is 20.4 Å². The number of rotatable bonds is 14. The first-order chi connectivity index (χ1) is 22.4. The molecule has 0 aromatic heterocycles. The molecule has 3 rings (SSSR count). The Morgan fingerprint density at radius 2 is 1.43 bits per heavy atom. The lowest BCUT2D eigenvalue weighted by Crippen LogP contribution is -2.62. The quantitative estimate of drug-likeness (QED) is 0.189. The standard InChI is InChI=1S/C36H55F3N4O6/c1-10-11-14-23(44)27(46)21(15-16-36(37,38)39)19-24(45)26-25-22(35(25,8)9)20-43(26)31(48)29(34(5,6)7)41-32(49)40-28(33(2,3)4)30(47)42-17-12-13-18-42/h10,21-22,25-26,28-29H,1,11-20H2,2-9H3,(H2,40,41,49)/t21?,22-,25-,26+,28+,29+/m0/s1. The third-order valence-corrected chi connectivity index (χ3v) is 10.5. The van der Waals surface area contributed by atoms with E-state index >= 15 is 0 Å². The molecule has 6 atom stereocenters. The van der Waals surface area contributed by atoms with Crippen molar-refractivity contribution in [3.63, 3.8) is 0 Å². The van der Waals surface area contributed by atoms with E-state index < -0.39 is 89.6 Å². The van der Waals surface area contributed by atoms with Crippen molar-refractivity contribution in [3.8, 4) is 0 Å². The number of carbonyl (C=O) groups is 6. The second-order valence-electron chi connectivity index (χ2n) is 16.8. The Labute approximate surface area is 288 Å². The highest BCUT2D eigenvalue weighted by atomic mass is 19.4. The minimum atomic E-state index is -4.60. The lowest BCUT2D eigenvalue weighted by molar-refractivity contribution is -0.148. The molecule has 3 aliphatic rings. The van der Waals surface area contributed by atoms with Crippen molar-refractivity contribution in [3.05, 3.63) is 12.7 Å². The first-order valence-electron chi connectivity index (χ1n) is 17.4. The van der Waals surface area contributed by atoms with Gasteiger partial charge in [-0.1, -0.05) is 61.5 Å². The van der Waals surface area contributed by atoms with Gasteiger partial charge < -0.3 is 20.4 Å². The average Bonchev–Trinajstić information content (AvgIpc) is 3.42. The summed E-state index contributed by atoms with van der Waals surface area (Å²) in [5.74, 6) is -5.04. The van der Waals surface area contributed by atoms with Gasteiger partial charge in [0.2, 0.25) is 17.6 Å². The highest BCUT2D eigenvalue weighted by Crippen LogP contribution is 2.65. The maximum absolute atomic E-state index is 14.3. The van der Waals surface area contributed by atoms with Crippen molar-refractivity contribution < 1.29 is 41.9 Å². The number of nitrogens with zero attached hydrogens (tertiary/aromatic N) is 2. The molecule has 1 aliphatic carbocycles. The van der Waals surface area contributed by atoms with Crippen LogP contribution in [0.5, 0.6) is 0 Å². The van der Waals surface area contributed by atoms with Crippen molar-refractivity contribution in [2.45, 2.75) is 125 Å². The zero-order valence-electron chi connectivity index (χ0n) is 30.3. The first-order valence-corrected chi connectivity index (χ1v) is 17.4. The molecule has 276 valence electrons. The SMILES string of the molecule is C=CCCC(=O)C(=O)C(CCC(F)(F)F)CC(=O)[C@@H]1[C@@H]2[C@H](CN1C(=O)[C@@H](NC(=O)N[C@H](C(=O)N1CCCC1)C(C)(C)C)C(C)(C)C)C2(C)C. The molecule has 10 nitrogen and oxygen atoms in total. The molecule has 2 saturated heterocycles. The molecule has 0 radical (unpaired) electrons. The van der Waals surface area contributed by atoms with E-state index in [2.05, 4.69) is 17.2 Å². The first kappa shape index (κ1) is 40.2. The zero-order chi connectivity index (χ0) is 37.3. The van der Waals surface area contributed by atoms with Crippen LogP contribution >= 0.6 is 0 Å². The van der Waals surface area contributed by atoms with E-state index in [0.29, 0.717) is 13.1 Å². The van der Waals surface area contributed by atoms with Gasteiger partial charge in [-0.3, -0.25) is 24.0 Å². The molecule has 4 amide bonds. The highest BCUT2D eigenvalue weighted by Gasteiger charge is 2.69. The van der Waals surface area contributed by atoms with Crippen LogP contribution in [-0.2, 0) is 24.0 Å². The summed E-state index contributed by atoms with van der Waals surface area (Å²) in [7, 11) is 0. The Morgan fingerprint density at radius 3 is 1.92 bits per heavy atom. The molecule has 2 heterocycles. The van der Waals surface area contributed by atoms with E-state index in [1.807, 2.05) is 34.6 Å². The van der Waals surface area contributed by atoms with E-state index in [1.54, 1.807) is 25.7 Å². The minimum absolute atomic E-state index is 0.0678. The van der Waals surface area contributed by atoms with Crippen LogP contribution < -0.4 is 10.6 Å². The smallest absolute Gasteiger partial charge is 0.341 e. The van der Waals surface area contributed by atoms with Gasteiger partial charge in [-0.2, -0.15) is 13.2 Å². The molecular weight excluding hydrogens is 641 g/mol. The number of likely N-dealkylation sites (tertiary alicyclic amines) is 2. The monoisotopic (exact) mass is 696 g/mol. The summed E-state index contributed by atoms with van der Waals surface area (Å²) in [4.78, 5) is 83.9. The number of piperidine rings is 1. The second-order valence-corrected chi connectivity index (χ2v) is 16.8. The topological polar surface area (TPSA) is 133 Å². The van der Waals surface area contributed by atoms with Gasteiger partial charge >= 0.3 is 12.2 Å². The Morgan fingerprint density at radius 1 is 0.898 bits per heavy atom. The van der Waals surface area contributed by atoms with Gasteiger partial charge in [0.25, 0.3) is 0 Å². The number of hydrogen-bond donors (Lipinski definition) is 2. The third-order valence-electron chi connectivity index (χ3n) is 10.5. The summed E-state index contributed by atoms with van der Waals surface area (Å²) in [6.07, 6.45) is -4.12. The summed E-state index contributed by atoms with van der Waals surface area (Å²) in [6.45, 7) is 19.6. The van der Waals surface area contributed by atoms with Crippen molar-refractivity contribution in [2.24, 2.45) is 34.0 Å². The van der Waals surface area contributed by atoms with Gasteiger partial charge in [-0.05, 0) is 53.8 Å². The number of allylic oxidation sites excluding steroid dienone is 1. The fourth-order valence-electron chi connectivity index (χ4n) is 7.38. The average molecular weight is 697 g/mol. The van der Waals surface area contributed by atoms with Gasteiger partial charge in [-0.25, -0.2) is 4.79 Å².